The Labute approximate surface area is 106 Å². The van der Waals surface area contributed by atoms with E-state index >= 15 is 0 Å². The highest BCUT2D eigenvalue weighted by Crippen LogP contribution is 2.27. The number of nitrogens with zero attached hydrogens (tertiary/aromatic N) is 2. The smallest absolute Gasteiger partial charge is 0.356 e. The molecule has 0 bridgehead atoms. The monoisotopic (exact) mass is 267 g/mol. The quantitative estimate of drug-likeness (QED) is 0.894. The van der Waals surface area contributed by atoms with E-state index in [4.69, 9.17) is 16.7 Å². The molecule has 0 aliphatic heterocycles. The summed E-state index contributed by atoms with van der Waals surface area (Å²) in [5.74, 6) is -1.52. The SMILES string of the molecule is O=C(O)c1ccc(Nc2c(F)cccc2Cl)nn1. The van der Waals surface area contributed by atoms with Crippen molar-refractivity contribution < 1.29 is 14.3 Å². The van der Waals surface area contributed by atoms with Gasteiger partial charge in [-0.2, -0.15) is 0 Å². The fourth-order valence-corrected chi connectivity index (χ4v) is 1.47. The molecule has 2 rings (SSSR count). The van der Waals surface area contributed by atoms with Crippen LogP contribution in [0.2, 0.25) is 5.02 Å². The summed E-state index contributed by atoms with van der Waals surface area (Å²) >= 11 is 5.82. The lowest BCUT2D eigenvalue weighted by atomic mass is 10.3. The third kappa shape index (κ3) is 2.54. The highest BCUT2D eigenvalue weighted by atomic mass is 35.5. The van der Waals surface area contributed by atoms with Crippen LogP contribution >= 0.6 is 11.6 Å². The van der Waals surface area contributed by atoms with Crippen molar-refractivity contribution in [3.8, 4) is 0 Å². The number of halogens is 2. The van der Waals surface area contributed by atoms with Crippen LogP contribution in [-0.2, 0) is 0 Å². The second-order valence-corrected chi connectivity index (χ2v) is 3.74. The molecule has 0 unspecified atom stereocenters. The van der Waals surface area contributed by atoms with E-state index in [1.165, 1.54) is 30.3 Å². The summed E-state index contributed by atoms with van der Waals surface area (Å²) in [4.78, 5) is 10.6. The molecule has 0 spiro atoms. The largest absolute Gasteiger partial charge is 0.476 e. The first kappa shape index (κ1) is 12.3. The van der Waals surface area contributed by atoms with Crippen LogP contribution < -0.4 is 5.32 Å². The Morgan fingerprint density at radius 3 is 2.61 bits per heavy atom. The molecule has 2 aromatic rings. The van der Waals surface area contributed by atoms with E-state index in [0.717, 1.165) is 0 Å². The zero-order valence-corrected chi connectivity index (χ0v) is 9.65. The number of aromatic nitrogens is 2. The molecule has 92 valence electrons. The van der Waals surface area contributed by atoms with E-state index in [2.05, 4.69) is 15.5 Å². The lowest BCUT2D eigenvalue weighted by molar-refractivity contribution is 0.0689. The number of nitrogens with one attached hydrogen (secondary N) is 1. The maximum absolute atomic E-state index is 13.5. The molecule has 0 radical (unpaired) electrons. The summed E-state index contributed by atoms with van der Waals surface area (Å²) in [7, 11) is 0. The van der Waals surface area contributed by atoms with Crippen LogP contribution in [0.1, 0.15) is 10.5 Å². The molecule has 18 heavy (non-hydrogen) atoms. The van der Waals surface area contributed by atoms with Crippen molar-refractivity contribution in [3.05, 3.63) is 46.9 Å². The second kappa shape index (κ2) is 4.97. The van der Waals surface area contributed by atoms with Gasteiger partial charge in [0.05, 0.1) is 10.7 Å². The van der Waals surface area contributed by atoms with Gasteiger partial charge in [-0.3, -0.25) is 0 Å². The molecule has 0 aliphatic carbocycles. The minimum Gasteiger partial charge on any atom is -0.476 e. The Morgan fingerprint density at radius 1 is 1.28 bits per heavy atom. The first-order chi connectivity index (χ1) is 8.58. The minimum absolute atomic E-state index is 0.0662. The van der Waals surface area contributed by atoms with Crippen molar-refractivity contribution in [1.82, 2.24) is 10.2 Å². The van der Waals surface area contributed by atoms with Gasteiger partial charge in [0.25, 0.3) is 0 Å². The fourth-order valence-electron chi connectivity index (χ4n) is 1.26. The average molecular weight is 268 g/mol. The molecular formula is C11H7ClFN3O2. The molecule has 0 fully saturated rings. The van der Waals surface area contributed by atoms with Crippen LogP contribution in [0.25, 0.3) is 0 Å². The van der Waals surface area contributed by atoms with Crippen LogP contribution in [0.4, 0.5) is 15.9 Å². The van der Waals surface area contributed by atoms with Gasteiger partial charge in [-0.1, -0.05) is 17.7 Å². The maximum Gasteiger partial charge on any atom is 0.356 e. The van der Waals surface area contributed by atoms with E-state index in [1.807, 2.05) is 0 Å². The van der Waals surface area contributed by atoms with Gasteiger partial charge in [0.15, 0.2) is 11.5 Å². The number of hydrogen-bond donors (Lipinski definition) is 2. The summed E-state index contributed by atoms with van der Waals surface area (Å²) < 4.78 is 13.5. The van der Waals surface area contributed by atoms with Crippen molar-refractivity contribution >= 4 is 29.1 Å². The van der Waals surface area contributed by atoms with Crippen molar-refractivity contribution in [2.24, 2.45) is 0 Å². The van der Waals surface area contributed by atoms with Crippen LogP contribution in [0.3, 0.4) is 0 Å². The number of para-hydroxylation sites is 1. The van der Waals surface area contributed by atoms with Gasteiger partial charge in [-0.05, 0) is 24.3 Å². The molecule has 2 N–H and O–H groups in total. The van der Waals surface area contributed by atoms with Gasteiger partial charge in [-0.25, -0.2) is 9.18 Å². The summed E-state index contributed by atoms with van der Waals surface area (Å²) in [6.45, 7) is 0. The highest BCUT2D eigenvalue weighted by molar-refractivity contribution is 6.33. The normalized spacial score (nSPS) is 10.1. The van der Waals surface area contributed by atoms with Gasteiger partial charge in [0.2, 0.25) is 0 Å². The van der Waals surface area contributed by atoms with Crippen LogP contribution in [0.15, 0.2) is 30.3 Å². The fraction of sp³-hybridized carbons (Fsp3) is 0. The third-order valence-corrected chi connectivity index (χ3v) is 2.41. The molecule has 1 aromatic heterocycles. The van der Waals surface area contributed by atoms with E-state index in [0.29, 0.717) is 0 Å². The molecule has 0 aliphatic rings. The Balaban J connectivity index is 2.26. The summed E-state index contributed by atoms with van der Waals surface area (Å²) in [5.41, 5.74) is -0.128. The highest BCUT2D eigenvalue weighted by Gasteiger charge is 2.09. The van der Waals surface area contributed by atoms with Crippen molar-refractivity contribution in [2.75, 3.05) is 5.32 Å². The first-order valence-corrected chi connectivity index (χ1v) is 5.24. The van der Waals surface area contributed by atoms with Crippen molar-refractivity contribution in [2.45, 2.75) is 0 Å². The number of anilines is 2. The summed E-state index contributed by atoms with van der Waals surface area (Å²) in [6.07, 6.45) is 0. The minimum atomic E-state index is -1.18. The molecule has 5 nitrogen and oxygen atoms in total. The van der Waals surface area contributed by atoms with E-state index in [9.17, 15) is 9.18 Å². The zero-order chi connectivity index (χ0) is 13.1. The number of aromatic carboxylic acids is 1. The van der Waals surface area contributed by atoms with E-state index < -0.39 is 11.8 Å². The first-order valence-electron chi connectivity index (χ1n) is 4.86. The average Bonchev–Trinajstić information content (AvgIpc) is 2.34. The molecule has 1 aromatic carbocycles. The predicted octanol–water partition coefficient (Wildman–Crippen LogP) is 2.71. The van der Waals surface area contributed by atoms with Gasteiger partial charge in [0, 0.05) is 0 Å². The number of carbonyl (C=O) groups is 1. The Kier molecular flexibility index (Phi) is 3.38. The number of carboxylic acids is 1. The molecular weight excluding hydrogens is 261 g/mol. The molecule has 0 saturated heterocycles. The molecule has 1 heterocycles. The third-order valence-electron chi connectivity index (χ3n) is 2.10. The zero-order valence-electron chi connectivity index (χ0n) is 8.89. The number of benzene rings is 1. The van der Waals surface area contributed by atoms with Gasteiger partial charge in [0.1, 0.15) is 5.82 Å². The van der Waals surface area contributed by atoms with E-state index in [-0.39, 0.29) is 22.2 Å². The lowest BCUT2D eigenvalue weighted by Gasteiger charge is -2.07. The van der Waals surface area contributed by atoms with Crippen molar-refractivity contribution in [3.63, 3.8) is 0 Å². The molecule has 0 saturated carbocycles. The molecule has 0 amide bonds. The second-order valence-electron chi connectivity index (χ2n) is 3.33. The van der Waals surface area contributed by atoms with Crippen LogP contribution in [0, 0.1) is 5.82 Å². The van der Waals surface area contributed by atoms with Gasteiger partial charge in [-0.15, -0.1) is 10.2 Å². The summed E-state index contributed by atoms with van der Waals surface area (Å²) in [5, 5.41) is 18.5. The lowest BCUT2D eigenvalue weighted by Crippen LogP contribution is -2.04. The van der Waals surface area contributed by atoms with E-state index in [1.54, 1.807) is 0 Å². The predicted molar refractivity (Wildman–Crippen MR) is 63.7 cm³/mol. The van der Waals surface area contributed by atoms with Gasteiger partial charge < -0.3 is 10.4 Å². The standard InChI is InChI=1S/C11H7ClFN3O2/c12-6-2-1-3-7(13)10(6)14-9-5-4-8(11(17)18)15-16-9/h1-5H,(H,14,16)(H,17,18). The number of hydrogen-bond acceptors (Lipinski definition) is 4. The number of rotatable bonds is 3. The summed E-state index contributed by atoms with van der Waals surface area (Å²) in [6, 6.07) is 6.87. The van der Waals surface area contributed by atoms with Crippen LogP contribution in [-0.4, -0.2) is 21.3 Å². The van der Waals surface area contributed by atoms with Crippen molar-refractivity contribution in [1.29, 1.82) is 0 Å². The topological polar surface area (TPSA) is 75.1 Å². The maximum atomic E-state index is 13.5. The number of carboxylic acid groups (broad SMARTS) is 1. The van der Waals surface area contributed by atoms with Crippen LogP contribution in [0.5, 0.6) is 0 Å². The Morgan fingerprint density at radius 2 is 2.06 bits per heavy atom. The Hall–Kier alpha value is -2.21. The molecule has 7 heteroatoms. The van der Waals surface area contributed by atoms with Gasteiger partial charge >= 0.3 is 5.97 Å². The Bertz CT molecular complexity index is 569. The molecule has 0 atom stereocenters.